The van der Waals surface area contributed by atoms with Crippen molar-refractivity contribution in [1.29, 1.82) is 0 Å². The number of hydrogen-bond donors (Lipinski definition) is 2. The molecule has 0 bridgehead atoms. The predicted octanol–water partition coefficient (Wildman–Crippen LogP) is 3.15. The van der Waals surface area contributed by atoms with Gasteiger partial charge in [-0.2, -0.15) is 0 Å². The van der Waals surface area contributed by atoms with Crippen molar-refractivity contribution in [2.45, 2.75) is 45.8 Å². The molecule has 1 aliphatic carbocycles. The normalized spacial score (nSPS) is 15.6. The fourth-order valence-corrected chi connectivity index (χ4v) is 3.62. The van der Waals surface area contributed by atoms with Crippen LogP contribution in [0.15, 0.2) is 29.3 Å². The monoisotopic (exact) mass is 502 g/mol. The molecule has 7 heteroatoms. The van der Waals surface area contributed by atoms with Crippen molar-refractivity contribution in [3.05, 3.63) is 35.4 Å². The zero-order chi connectivity index (χ0) is 19.7. The summed E-state index contributed by atoms with van der Waals surface area (Å²) in [6.45, 7) is 4.68. The minimum absolute atomic E-state index is 0. The number of guanidine groups is 1. The molecule has 28 heavy (non-hydrogen) atoms. The lowest BCUT2D eigenvalue weighted by atomic mass is 9.84. The van der Waals surface area contributed by atoms with E-state index in [-0.39, 0.29) is 35.3 Å². The van der Waals surface area contributed by atoms with Crippen LogP contribution < -0.4 is 10.6 Å². The number of nitrogens with one attached hydrogen (secondary N) is 2. The summed E-state index contributed by atoms with van der Waals surface area (Å²) in [6, 6.07) is 8.38. The van der Waals surface area contributed by atoms with Gasteiger partial charge in [0.1, 0.15) is 0 Å². The van der Waals surface area contributed by atoms with E-state index in [4.69, 9.17) is 4.74 Å². The summed E-state index contributed by atoms with van der Waals surface area (Å²) in [5, 5.41) is 6.71. The highest BCUT2D eigenvalue weighted by molar-refractivity contribution is 14.0. The van der Waals surface area contributed by atoms with Crippen LogP contribution in [0.3, 0.4) is 0 Å². The second-order valence-corrected chi connectivity index (χ2v) is 7.42. The molecule has 0 saturated heterocycles. The van der Waals surface area contributed by atoms with E-state index >= 15 is 0 Å². The summed E-state index contributed by atoms with van der Waals surface area (Å²) in [5.41, 5.74) is 2.05. The lowest BCUT2D eigenvalue weighted by Gasteiger charge is -2.31. The van der Waals surface area contributed by atoms with Crippen molar-refractivity contribution < 1.29 is 9.53 Å². The molecular formula is C21H35IN4O2. The molecule has 0 unspecified atom stereocenters. The summed E-state index contributed by atoms with van der Waals surface area (Å²) in [4.78, 5) is 18.7. The molecule has 1 aromatic rings. The molecule has 0 spiro atoms. The summed E-state index contributed by atoms with van der Waals surface area (Å²) < 4.78 is 5.43. The first-order valence-corrected chi connectivity index (χ1v) is 9.82. The highest BCUT2D eigenvalue weighted by atomic mass is 127. The van der Waals surface area contributed by atoms with Crippen LogP contribution >= 0.6 is 24.0 Å². The molecule has 1 amide bonds. The number of carbonyl (C=O) groups is 1. The van der Waals surface area contributed by atoms with Crippen LogP contribution in [0, 0.1) is 5.41 Å². The Labute approximate surface area is 186 Å². The second-order valence-electron chi connectivity index (χ2n) is 7.42. The highest BCUT2D eigenvalue weighted by Crippen LogP contribution is 2.38. The number of rotatable bonds is 8. The highest BCUT2D eigenvalue weighted by Gasteiger charge is 2.42. The molecule has 1 saturated carbocycles. The molecule has 0 aromatic heterocycles. The average molecular weight is 502 g/mol. The molecule has 6 nitrogen and oxygen atoms in total. The number of carbonyl (C=O) groups excluding carboxylic acids is 1. The zero-order valence-electron chi connectivity index (χ0n) is 17.6. The molecule has 2 rings (SSSR count). The maximum atomic E-state index is 12.7. The Morgan fingerprint density at radius 3 is 2.29 bits per heavy atom. The molecule has 0 heterocycles. The van der Waals surface area contributed by atoms with Crippen molar-refractivity contribution in [3.63, 3.8) is 0 Å². The van der Waals surface area contributed by atoms with Crippen molar-refractivity contribution in [1.82, 2.24) is 15.5 Å². The standard InChI is InChI=1S/C21H34N4O2.HI/c1-5-27-15-18-10-8-17(9-11-18)14-23-20(22-2)24-16-21(12-6-7-13-21)19(26)25(3)4;/h8-11H,5-7,12-16H2,1-4H3,(H2,22,23,24);1H. The van der Waals surface area contributed by atoms with Crippen LogP contribution in [0.25, 0.3) is 0 Å². The molecule has 0 radical (unpaired) electrons. The van der Waals surface area contributed by atoms with E-state index in [1.807, 2.05) is 21.0 Å². The van der Waals surface area contributed by atoms with Crippen LogP contribution in [0.5, 0.6) is 0 Å². The van der Waals surface area contributed by atoms with Crippen LogP contribution in [0.1, 0.15) is 43.7 Å². The fraction of sp³-hybridized carbons (Fsp3) is 0.619. The van der Waals surface area contributed by atoms with E-state index < -0.39 is 0 Å². The van der Waals surface area contributed by atoms with Crippen LogP contribution in [-0.2, 0) is 22.7 Å². The van der Waals surface area contributed by atoms with E-state index in [1.165, 1.54) is 11.1 Å². The summed E-state index contributed by atoms with van der Waals surface area (Å²) in [6.07, 6.45) is 4.10. The largest absolute Gasteiger partial charge is 0.377 e. The Balaban J connectivity index is 0.00000392. The summed E-state index contributed by atoms with van der Waals surface area (Å²) >= 11 is 0. The third kappa shape index (κ3) is 6.92. The van der Waals surface area contributed by atoms with Gasteiger partial charge in [-0.15, -0.1) is 24.0 Å². The molecule has 1 fully saturated rings. The summed E-state index contributed by atoms with van der Waals surface area (Å²) in [5.74, 6) is 0.944. The van der Waals surface area contributed by atoms with Crippen molar-refractivity contribution in [3.8, 4) is 0 Å². The Hall–Kier alpha value is -1.35. The van der Waals surface area contributed by atoms with E-state index in [9.17, 15) is 4.79 Å². The first-order valence-electron chi connectivity index (χ1n) is 9.82. The molecular weight excluding hydrogens is 467 g/mol. The van der Waals surface area contributed by atoms with Gasteiger partial charge in [0.05, 0.1) is 12.0 Å². The molecule has 0 aliphatic heterocycles. The third-order valence-corrected chi connectivity index (χ3v) is 5.19. The number of benzene rings is 1. The minimum Gasteiger partial charge on any atom is -0.377 e. The number of halogens is 1. The maximum absolute atomic E-state index is 12.7. The van der Waals surface area contributed by atoms with E-state index in [0.29, 0.717) is 19.7 Å². The minimum atomic E-state index is -0.304. The Kier molecular flexibility index (Phi) is 10.8. The molecule has 1 aromatic carbocycles. The van der Waals surface area contributed by atoms with Gasteiger partial charge in [0.2, 0.25) is 5.91 Å². The Morgan fingerprint density at radius 2 is 1.75 bits per heavy atom. The van der Waals surface area contributed by atoms with Crippen LogP contribution in [0.4, 0.5) is 0 Å². The van der Waals surface area contributed by atoms with Gasteiger partial charge in [-0.3, -0.25) is 9.79 Å². The molecule has 158 valence electrons. The SMILES string of the molecule is CCOCc1ccc(CNC(=NC)NCC2(C(=O)N(C)C)CCCC2)cc1.I. The van der Waals surface area contributed by atoms with Gasteiger partial charge in [0, 0.05) is 40.8 Å². The number of aliphatic imine (C=N–C) groups is 1. The third-order valence-electron chi connectivity index (χ3n) is 5.19. The van der Waals surface area contributed by atoms with E-state index in [2.05, 4.69) is 39.9 Å². The van der Waals surface area contributed by atoms with Gasteiger partial charge in [-0.1, -0.05) is 37.1 Å². The number of ether oxygens (including phenoxy) is 1. The fourth-order valence-electron chi connectivity index (χ4n) is 3.62. The lowest BCUT2D eigenvalue weighted by Crippen LogP contribution is -2.49. The number of amides is 1. The van der Waals surface area contributed by atoms with Gasteiger partial charge >= 0.3 is 0 Å². The van der Waals surface area contributed by atoms with Crippen molar-refractivity contribution >= 4 is 35.8 Å². The molecule has 2 N–H and O–H groups in total. The van der Waals surface area contributed by atoms with Crippen LogP contribution in [-0.4, -0.2) is 51.1 Å². The maximum Gasteiger partial charge on any atom is 0.230 e. The molecule has 0 atom stereocenters. The predicted molar refractivity (Wildman–Crippen MR) is 125 cm³/mol. The van der Waals surface area contributed by atoms with Crippen molar-refractivity contribution in [2.24, 2.45) is 10.4 Å². The van der Waals surface area contributed by atoms with Crippen molar-refractivity contribution in [2.75, 3.05) is 34.3 Å². The van der Waals surface area contributed by atoms with Gasteiger partial charge in [0.15, 0.2) is 5.96 Å². The zero-order valence-corrected chi connectivity index (χ0v) is 19.9. The van der Waals surface area contributed by atoms with Gasteiger partial charge < -0.3 is 20.3 Å². The van der Waals surface area contributed by atoms with E-state index in [1.54, 1.807) is 11.9 Å². The topological polar surface area (TPSA) is 66.0 Å². The lowest BCUT2D eigenvalue weighted by molar-refractivity contribution is -0.138. The quantitative estimate of drug-likeness (QED) is 0.326. The van der Waals surface area contributed by atoms with Crippen LogP contribution in [0.2, 0.25) is 0 Å². The van der Waals surface area contributed by atoms with E-state index in [0.717, 1.165) is 38.2 Å². The summed E-state index contributed by atoms with van der Waals surface area (Å²) in [7, 11) is 5.44. The number of nitrogens with zero attached hydrogens (tertiary/aromatic N) is 2. The Bertz CT molecular complexity index is 626. The van der Waals surface area contributed by atoms with Gasteiger partial charge in [-0.25, -0.2) is 0 Å². The average Bonchev–Trinajstić information content (AvgIpc) is 3.16. The molecule has 1 aliphatic rings. The smallest absolute Gasteiger partial charge is 0.230 e. The number of hydrogen-bond acceptors (Lipinski definition) is 3. The Morgan fingerprint density at radius 1 is 1.14 bits per heavy atom. The second kappa shape index (κ2) is 12.3. The van der Waals surface area contributed by atoms with Gasteiger partial charge in [-0.05, 0) is 30.9 Å². The first-order chi connectivity index (χ1) is 13.0. The van der Waals surface area contributed by atoms with Gasteiger partial charge in [0.25, 0.3) is 0 Å². The first kappa shape index (κ1) is 24.7.